The molecule has 1 aromatic heterocycles. The van der Waals surface area contributed by atoms with Crippen molar-refractivity contribution in [2.24, 2.45) is 0 Å². The maximum atomic E-state index is 11.1. The van der Waals surface area contributed by atoms with Gasteiger partial charge in [0.2, 0.25) is 0 Å². The number of hydrogen-bond acceptors (Lipinski definition) is 4. The van der Waals surface area contributed by atoms with Crippen molar-refractivity contribution in [2.45, 2.75) is 6.54 Å². The molecule has 96 valence electrons. The number of aryl methyl sites for hydroxylation is 1. The highest BCUT2D eigenvalue weighted by molar-refractivity contribution is 7.90. The third-order valence-corrected chi connectivity index (χ3v) is 3.50. The third kappa shape index (κ3) is 2.67. The number of hydrogen-bond donors (Lipinski definition) is 1. The summed E-state index contributed by atoms with van der Waals surface area (Å²) in [7, 11) is -3.03. The third-order valence-electron chi connectivity index (χ3n) is 2.57. The van der Waals surface area contributed by atoms with Gasteiger partial charge in [0, 0.05) is 12.8 Å². The number of fused-ring (bicyclic) bond motifs is 1. The van der Waals surface area contributed by atoms with Crippen molar-refractivity contribution in [1.82, 2.24) is 9.55 Å². The number of aromatic carboxylic acids is 1. The van der Waals surface area contributed by atoms with E-state index >= 15 is 0 Å². The molecule has 0 aliphatic rings. The first-order chi connectivity index (χ1) is 8.37. The molecule has 0 amide bonds. The zero-order valence-electron chi connectivity index (χ0n) is 9.70. The molecule has 1 N–H and O–H groups in total. The van der Waals surface area contributed by atoms with Gasteiger partial charge >= 0.3 is 5.97 Å². The van der Waals surface area contributed by atoms with Gasteiger partial charge in [-0.3, -0.25) is 0 Å². The molecule has 18 heavy (non-hydrogen) atoms. The monoisotopic (exact) mass is 268 g/mol. The SMILES string of the molecule is CS(=O)(=O)CCn1cnc2cc(C(=O)O)ccc21. The minimum absolute atomic E-state index is 0.0269. The quantitative estimate of drug-likeness (QED) is 0.885. The molecule has 0 spiro atoms. The lowest BCUT2D eigenvalue weighted by Gasteiger charge is -2.03. The summed E-state index contributed by atoms with van der Waals surface area (Å²) >= 11 is 0. The smallest absolute Gasteiger partial charge is 0.335 e. The molecule has 0 saturated heterocycles. The van der Waals surface area contributed by atoms with Gasteiger partial charge in [-0.05, 0) is 18.2 Å². The van der Waals surface area contributed by atoms with Crippen LogP contribution in [0.2, 0.25) is 0 Å². The van der Waals surface area contributed by atoms with Crippen LogP contribution in [0.4, 0.5) is 0 Å². The summed E-state index contributed by atoms with van der Waals surface area (Å²) in [5.74, 6) is -0.985. The Labute approximate surface area is 104 Å². The van der Waals surface area contributed by atoms with E-state index < -0.39 is 15.8 Å². The van der Waals surface area contributed by atoms with E-state index in [1.165, 1.54) is 24.7 Å². The molecule has 2 aromatic rings. The van der Waals surface area contributed by atoms with E-state index in [2.05, 4.69) is 4.98 Å². The largest absolute Gasteiger partial charge is 0.478 e. The highest BCUT2D eigenvalue weighted by Crippen LogP contribution is 2.15. The Bertz CT molecular complexity index is 703. The number of carbonyl (C=O) groups is 1. The summed E-state index contributed by atoms with van der Waals surface area (Å²) in [4.78, 5) is 14.9. The molecule has 0 unspecified atom stereocenters. The lowest BCUT2D eigenvalue weighted by atomic mass is 10.2. The second-order valence-electron chi connectivity index (χ2n) is 4.08. The number of benzene rings is 1. The molecule has 2 rings (SSSR count). The number of carboxylic acids is 1. The Morgan fingerprint density at radius 1 is 1.44 bits per heavy atom. The van der Waals surface area contributed by atoms with Gasteiger partial charge in [-0.25, -0.2) is 18.2 Å². The van der Waals surface area contributed by atoms with Gasteiger partial charge in [0.1, 0.15) is 9.84 Å². The zero-order chi connectivity index (χ0) is 13.3. The summed E-state index contributed by atoms with van der Waals surface area (Å²) in [6, 6.07) is 4.58. The van der Waals surface area contributed by atoms with Crippen molar-refractivity contribution < 1.29 is 18.3 Å². The van der Waals surface area contributed by atoms with Crippen molar-refractivity contribution >= 4 is 26.8 Å². The van der Waals surface area contributed by atoms with E-state index in [1.807, 2.05) is 0 Å². The Kier molecular flexibility index (Phi) is 3.08. The number of carboxylic acid groups (broad SMARTS) is 1. The molecule has 0 fully saturated rings. The Morgan fingerprint density at radius 3 is 2.78 bits per heavy atom. The average Bonchev–Trinajstić information content (AvgIpc) is 2.67. The number of imidazole rings is 1. The van der Waals surface area contributed by atoms with E-state index in [-0.39, 0.29) is 11.3 Å². The first-order valence-corrected chi connectivity index (χ1v) is 7.29. The van der Waals surface area contributed by atoms with Crippen molar-refractivity contribution in [3.05, 3.63) is 30.1 Å². The average molecular weight is 268 g/mol. The number of aromatic nitrogens is 2. The fourth-order valence-electron chi connectivity index (χ4n) is 1.64. The molecule has 0 aliphatic carbocycles. The molecule has 0 saturated carbocycles. The van der Waals surface area contributed by atoms with Gasteiger partial charge in [-0.1, -0.05) is 0 Å². The maximum Gasteiger partial charge on any atom is 0.335 e. The lowest BCUT2D eigenvalue weighted by Crippen LogP contribution is -2.10. The molecule has 6 nitrogen and oxygen atoms in total. The van der Waals surface area contributed by atoms with Gasteiger partial charge < -0.3 is 9.67 Å². The van der Waals surface area contributed by atoms with Crippen molar-refractivity contribution in [1.29, 1.82) is 0 Å². The highest BCUT2D eigenvalue weighted by Gasteiger charge is 2.09. The second kappa shape index (κ2) is 4.41. The second-order valence-corrected chi connectivity index (χ2v) is 6.34. The van der Waals surface area contributed by atoms with Crippen LogP contribution in [-0.4, -0.2) is 41.1 Å². The van der Waals surface area contributed by atoms with Crippen LogP contribution in [0, 0.1) is 0 Å². The van der Waals surface area contributed by atoms with Crippen molar-refractivity contribution in [3.63, 3.8) is 0 Å². The van der Waals surface area contributed by atoms with Gasteiger partial charge in [-0.15, -0.1) is 0 Å². The molecule has 0 radical (unpaired) electrons. The fourth-order valence-corrected chi connectivity index (χ4v) is 2.17. The van der Waals surface area contributed by atoms with E-state index in [0.29, 0.717) is 12.1 Å². The summed E-state index contributed by atoms with van der Waals surface area (Å²) in [5, 5.41) is 8.85. The molecule has 1 aromatic carbocycles. The number of rotatable bonds is 4. The van der Waals surface area contributed by atoms with E-state index in [4.69, 9.17) is 5.11 Å². The zero-order valence-corrected chi connectivity index (χ0v) is 10.5. The van der Waals surface area contributed by atoms with Crippen molar-refractivity contribution in [3.8, 4) is 0 Å². The van der Waals surface area contributed by atoms with E-state index in [0.717, 1.165) is 5.52 Å². The van der Waals surface area contributed by atoms with Crippen LogP contribution in [0.3, 0.4) is 0 Å². The predicted octanol–water partition coefficient (Wildman–Crippen LogP) is 0.779. The lowest BCUT2D eigenvalue weighted by molar-refractivity contribution is 0.0697. The predicted molar refractivity (Wildman–Crippen MR) is 66.4 cm³/mol. The van der Waals surface area contributed by atoms with Gasteiger partial charge in [0.15, 0.2) is 0 Å². The fraction of sp³-hybridized carbons (Fsp3) is 0.273. The van der Waals surface area contributed by atoms with Crippen LogP contribution in [0.1, 0.15) is 10.4 Å². The minimum Gasteiger partial charge on any atom is -0.478 e. The Hall–Kier alpha value is -1.89. The molecular formula is C11H12N2O4S. The Balaban J connectivity index is 2.34. The molecule has 0 bridgehead atoms. The first kappa shape index (κ1) is 12.6. The van der Waals surface area contributed by atoms with Crippen LogP contribution in [0.15, 0.2) is 24.5 Å². The minimum atomic E-state index is -3.03. The van der Waals surface area contributed by atoms with Gasteiger partial charge in [0.25, 0.3) is 0 Å². The number of nitrogens with zero attached hydrogens (tertiary/aromatic N) is 2. The first-order valence-electron chi connectivity index (χ1n) is 5.23. The summed E-state index contributed by atoms with van der Waals surface area (Å²) in [6.45, 7) is 0.307. The van der Waals surface area contributed by atoms with Crippen LogP contribution in [-0.2, 0) is 16.4 Å². The molecule has 1 heterocycles. The Morgan fingerprint density at radius 2 is 2.17 bits per heavy atom. The number of sulfone groups is 1. The summed E-state index contributed by atoms with van der Waals surface area (Å²) < 4.78 is 23.9. The van der Waals surface area contributed by atoms with Crippen molar-refractivity contribution in [2.75, 3.05) is 12.0 Å². The van der Waals surface area contributed by atoms with Crippen LogP contribution >= 0.6 is 0 Å². The molecule has 0 atom stereocenters. The normalized spacial score (nSPS) is 11.8. The maximum absolute atomic E-state index is 11.1. The van der Waals surface area contributed by atoms with Gasteiger partial charge in [-0.2, -0.15) is 0 Å². The molecule has 7 heteroatoms. The van der Waals surface area contributed by atoms with Gasteiger partial charge in [0.05, 0.1) is 28.7 Å². The molecule has 0 aliphatic heterocycles. The van der Waals surface area contributed by atoms with Crippen LogP contribution in [0.5, 0.6) is 0 Å². The summed E-state index contributed by atoms with van der Waals surface area (Å²) in [5.41, 5.74) is 1.43. The molecular weight excluding hydrogens is 256 g/mol. The van der Waals surface area contributed by atoms with Crippen LogP contribution in [0.25, 0.3) is 11.0 Å². The summed E-state index contributed by atoms with van der Waals surface area (Å²) in [6.07, 6.45) is 2.69. The van der Waals surface area contributed by atoms with Crippen LogP contribution < -0.4 is 0 Å². The van der Waals surface area contributed by atoms with E-state index in [1.54, 1.807) is 10.6 Å². The topological polar surface area (TPSA) is 89.3 Å². The standard InChI is InChI=1S/C11H12N2O4S/c1-18(16,17)5-4-13-7-12-9-6-8(11(14)15)2-3-10(9)13/h2-3,6-7H,4-5H2,1H3,(H,14,15). The highest BCUT2D eigenvalue weighted by atomic mass is 32.2. The van der Waals surface area contributed by atoms with E-state index in [9.17, 15) is 13.2 Å².